The average Bonchev–Trinajstić information content (AvgIpc) is 3.22. The molecule has 2 amide bonds. The van der Waals surface area contributed by atoms with Crippen LogP contribution in [0.4, 0.5) is 17.6 Å². The lowest BCUT2D eigenvalue weighted by atomic mass is 10.1. The standard InChI is InChI=1S/C24H31N9O2/c34-21(9-14-31-10-2-4-22(31)35)25-17-7-12-32(13-8-17)24-27-23(19-3-1-11-33(19)30-24)26-20-15-18(28-29-20)16-5-6-16/h1,3,11,15-17H,2,4-10,12-14H2,(H,25,34)(H2,26,27,28,29,30). The predicted molar refractivity (Wildman–Crippen MR) is 131 cm³/mol. The Balaban J connectivity index is 1.07. The number of H-pyrrole nitrogens is 1. The van der Waals surface area contributed by atoms with Gasteiger partial charge in [-0.3, -0.25) is 14.7 Å². The smallest absolute Gasteiger partial charge is 0.245 e. The molecule has 2 saturated heterocycles. The Labute approximate surface area is 203 Å². The van der Waals surface area contributed by atoms with Crippen molar-refractivity contribution in [3.8, 4) is 0 Å². The number of amides is 2. The fourth-order valence-electron chi connectivity index (χ4n) is 4.98. The normalized spacial score (nSPS) is 19.0. The lowest BCUT2D eigenvalue weighted by Crippen LogP contribution is -2.45. The fraction of sp³-hybridized carbons (Fsp3) is 0.542. The van der Waals surface area contributed by atoms with E-state index in [1.807, 2.05) is 22.8 Å². The van der Waals surface area contributed by atoms with Gasteiger partial charge in [0.05, 0.1) is 0 Å². The zero-order valence-electron chi connectivity index (χ0n) is 19.7. The topological polar surface area (TPSA) is 124 Å². The van der Waals surface area contributed by atoms with Gasteiger partial charge in [-0.15, -0.1) is 5.10 Å². The summed E-state index contributed by atoms with van der Waals surface area (Å²) in [5, 5.41) is 18.8. The van der Waals surface area contributed by atoms with Crippen molar-refractivity contribution in [1.82, 2.24) is 35.0 Å². The highest BCUT2D eigenvalue weighted by atomic mass is 16.2. The Morgan fingerprint density at radius 2 is 2.03 bits per heavy atom. The molecule has 3 aromatic rings. The van der Waals surface area contributed by atoms with Gasteiger partial charge in [0.2, 0.25) is 17.8 Å². The minimum Gasteiger partial charge on any atom is -0.353 e. The monoisotopic (exact) mass is 477 g/mol. The van der Waals surface area contributed by atoms with Crippen molar-refractivity contribution in [1.29, 1.82) is 0 Å². The number of anilines is 3. The molecule has 184 valence electrons. The maximum atomic E-state index is 12.4. The van der Waals surface area contributed by atoms with Crippen LogP contribution < -0.4 is 15.5 Å². The van der Waals surface area contributed by atoms with Gasteiger partial charge in [0.25, 0.3) is 0 Å². The third kappa shape index (κ3) is 4.80. The molecule has 11 heteroatoms. The first-order valence-electron chi connectivity index (χ1n) is 12.6. The first-order valence-corrected chi connectivity index (χ1v) is 12.6. The molecule has 1 saturated carbocycles. The number of carbonyl (C=O) groups excluding carboxylic acids is 2. The molecule has 6 rings (SSSR count). The maximum Gasteiger partial charge on any atom is 0.245 e. The lowest BCUT2D eigenvalue weighted by molar-refractivity contribution is -0.128. The second kappa shape index (κ2) is 9.20. The maximum absolute atomic E-state index is 12.4. The summed E-state index contributed by atoms with van der Waals surface area (Å²) in [5.74, 6) is 2.93. The van der Waals surface area contributed by atoms with Crippen LogP contribution in [0, 0.1) is 0 Å². The molecule has 11 nitrogen and oxygen atoms in total. The Hall–Kier alpha value is -3.63. The van der Waals surface area contributed by atoms with Crippen LogP contribution >= 0.6 is 0 Å². The van der Waals surface area contributed by atoms with Crippen LogP contribution in [0.3, 0.4) is 0 Å². The van der Waals surface area contributed by atoms with Crippen molar-refractivity contribution in [2.24, 2.45) is 0 Å². The number of piperidine rings is 1. The largest absolute Gasteiger partial charge is 0.353 e. The molecule has 35 heavy (non-hydrogen) atoms. The van der Waals surface area contributed by atoms with Gasteiger partial charge in [-0.2, -0.15) is 10.1 Å². The van der Waals surface area contributed by atoms with E-state index in [9.17, 15) is 9.59 Å². The zero-order valence-corrected chi connectivity index (χ0v) is 19.7. The predicted octanol–water partition coefficient (Wildman–Crippen LogP) is 2.17. The third-order valence-corrected chi connectivity index (χ3v) is 7.16. The van der Waals surface area contributed by atoms with Crippen molar-refractivity contribution in [3.05, 3.63) is 30.1 Å². The first kappa shape index (κ1) is 21.9. The molecule has 3 fully saturated rings. The zero-order chi connectivity index (χ0) is 23.8. The van der Waals surface area contributed by atoms with E-state index in [0.29, 0.717) is 31.3 Å². The van der Waals surface area contributed by atoms with Crippen LogP contribution in [0.1, 0.15) is 56.6 Å². The number of rotatable bonds is 8. The summed E-state index contributed by atoms with van der Waals surface area (Å²) in [4.78, 5) is 32.9. The first-order chi connectivity index (χ1) is 17.1. The SMILES string of the molecule is O=C(CCN1CCCC1=O)NC1CCN(c2nc(Nc3cc(C4CC4)[nH]n3)c3cccn3n2)CC1. The van der Waals surface area contributed by atoms with Gasteiger partial charge in [-0.1, -0.05) is 0 Å². The number of nitrogens with one attached hydrogen (secondary N) is 3. The summed E-state index contributed by atoms with van der Waals surface area (Å²) >= 11 is 0. The number of hydrogen-bond donors (Lipinski definition) is 3. The highest BCUT2D eigenvalue weighted by molar-refractivity contribution is 5.80. The molecule has 3 aromatic heterocycles. The van der Waals surface area contributed by atoms with Crippen LogP contribution in [0.5, 0.6) is 0 Å². The average molecular weight is 478 g/mol. The molecular formula is C24H31N9O2. The number of aromatic nitrogens is 5. The minimum absolute atomic E-state index is 0.0178. The van der Waals surface area contributed by atoms with Crippen molar-refractivity contribution in [3.63, 3.8) is 0 Å². The Morgan fingerprint density at radius 1 is 1.17 bits per heavy atom. The molecule has 0 atom stereocenters. The van der Waals surface area contributed by atoms with Crippen LogP contribution in [0.2, 0.25) is 0 Å². The molecular weight excluding hydrogens is 446 g/mol. The Morgan fingerprint density at radius 3 is 2.80 bits per heavy atom. The number of nitrogens with zero attached hydrogens (tertiary/aromatic N) is 6. The van der Waals surface area contributed by atoms with Crippen molar-refractivity contribution < 1.29 is 9.59 Å². The lowest BCUT2D eigenvalue weighted by Gasteiger charge is -2.32. The van der Waals surface area contributed by atoms with E-state index in [4.69, 9.17) is 10.1 Å². The molecule has 3 aliphatic rings. The van der Waals surface area contributed by atoms with E-state index < -0.39 is 0 Å². The highest BCUT2D eigenvalue weighted by Gasteiger charge is 2.27. The van der Waals surface area contributed by atoms with E-state index >= 15 is 0 Å². The summed E-state index contributed by atoms with van der Waals surface area (Å²) in [5.41, 5.74) is 2.06. The quantitative estimate of drug-likeness (QED) is 0.454. The van der Waals surface area contributed by atoms with Crippen molar-refractivity contribution >= 4 is 34.9 Å². The van der Waals surface area contributed by atoms with Gasteiger partial charge in [0.1, 0.15) is 5.52 Å². The molecule has 1 aliphatic carbocycles. The van der Waals surface area contributed by atoms with Gasteiger partial charge in [0.15, 0.2) is 11.6 Å². The van der Waals surface area contributed by atoms with E-state index in [-0.39, 0.29) is 17.9 Å². The second-order valence-electron chi connectivity index (χ2n) is 9.77. The number of likely N-dealkylation sites (tertiary alicyclic amines) is 1. The van der Waals surface area contributed by atoms with Gasteiger partial charge in [-0.05, 0) is 44.2 Å². The molecule has 0 radical (unpaired) electrons. The molecule has 0 bridgehead atoms. The van der Waals surface area contributed by atoms with Crippen molar-refractivity contribution in [2.45, 2.75) is 56.9 Å². The van der Waals surface area contributed by atoms with Crippen LogP contribution in [0.25, 0.3) is 5.52 Å². The second-order valence-corrected chi connectivity index (χ2v) is 9.77. The van der Waals surface area contributed by atoms with Crippen molar-refractivity contribution in [2.75, 3.05) is 36.4 Å². The summed E-state index contributed by atoms with van der Waals surface area (Å²) in [6.45, 7) is 2.81. The van der Waals surface area contributed by atoms with E-state index in [1.54, 1.807) is 4.90 Å². The number of aromatic amines is 1. The summed E-state index contributed by atoms with van der Waals surface area (Å²) in [6, 6.07) is 6.13. The molecule has 0 aromatic carbocycles. The molecule has 0 unspecified atom stereocenters. The van der Waals surface area contributed by atoms with Gasteiger partial charge >= 0.3 is 0 Å². The van der Waals surface area contributed by atoms with Gasteiger partial charge in [0, 0.05) is 68.9 Å². The Bertz CT molecular complexity index is 1220. The van der Waals surface area contributed by atoms with Crippen LogP contribution in [-0.4, -0.2) is 73.7 Å². The summed E-state index contributed by atoms with van der Waals surface area (Å²) in [7, 11) is 0. The fourth-order valence-corrected chi connectivity index (χ4v) is 4.98. The van der Waals surface area contributed by atoms with Crippen LogP contribution in [-0.2, 0) is 9.59 Å². The number of hydrogen-bond acceptors (Lipinski definition) is 7. The number of carbonyl (C=O) groups is 2. The molecule has 5 heterocycles. The van der Waals surface area contributed by atoms with Gasteiger partial charge in [-0.25, -0.2) is 4.52 Å². The number of fused-ring (bicyclic) bond motifs is 1. The van der Waals surface area contributed by atoms with E-state index in [1.165, 1.54) is 18.5 Å². The van der Waals surface area contributed by atoms with E-state index in [2.05, 4.69) is 31.8 Å². The van der Waals surface area contributed by atoms with Crippen LogP contribution in [0.15, 0.2) is 24.4 Å². The minimum atomic E-state index is 0.0178. The van der Waals surface area contributed by atoms with Gasteiger partial charge < -0.3 is 20.4 Å². The summed E-state index contributed by atoms with van der Waals surface area (Å²) in [6.07, 6.45) is 7.89. The highest BCUT2D eigenvalue weighted by Crippen LogP contribution is 2.39. The Kier molecular flexibility index (Phi) is 5.75. The molecule has 0 spiro atoms. The van der Waals surface area contributed by atoms with E-state index in [0.717, 1.165) is 56.0 Å². The molecule has 2 aliphatic heterocycles. The third-order valence-electron chi connectivity index (χ3n) is 7.16. The summed E-state index contributed by atoms with van der Waals surface area (Å²) < 4.78 is 1.84. The molecule has 3 N–H and O–H groups in total.